The van der Waals surface area contributed by atoms with E-state index in [0.29, 0.717) is 19.4 Å². The molecule has 0 aliphatic rings. The Kier molecular flexibility index (Phi) is 3.56. The third kappa shape index (κ3) is 2.46. The monoisotopic (exact) mass is 282 g/mol. The fourth-order valence-electron chi connectivity index (χ4n) is 2.62. The summed E-state index contributed by atoms with van der Waals surface area (Å²) in [6.45, 7) is 2.59. The van der Waals surface area contributed by atoms with Gasteiger partial charge in [0.15, 0.2) is 0 Å². The molecule has 5 nitrogen and oxygen atoms in total. The van der Waals surface area contributed by atoms with E-state index in [1.807, 2.05) is 32.3 Å². The molecule has 1 amide bonds. The maximum atomic E-state index is 11.5. The van der Waals surface area contributed by atoms with Crippen LogP contribution in [0.2, 0.25) is 0 Å². The van der Waals surface area contributed by atoms with E-state index in [2.05, 4.69) is 20.9 Å². The lowest BCUT2D eigenvalue weighted by atomic mass is 10.2. The molecular weight excluding hydrogens is 264 g/mol. The van der Waals surface area contributed by atoms with Gasteiger partial charge in [0.05, 0.1) is 5.52 Å². The average Bonchev–Trinajstić information content (AvgIpc) is 2.79. The molecule has 0 saturated carbocycles. The van der Waals surface area contributed by atoms with E-state index >= 15 is 0 Å². The third-order valence-electron chi connectivity index (χ3n) is 3.68. The van der Waals surface area contributed by atoms with Gasteiger partial charge in [-0.3, -0.25) is 9.78 Å². The first-order valence-corrected chi connectivity index (χ1v) is 7.15. The first-order valence-electron chi connectivity index (χ1n) is 7.15. The normalized spacial score (nSPS) is 11.1. The maximum absolute atomic E-state index is 11.5. The highest BCUT2D eigenvalue weighted by Crippen LogP contribution is 2.26. The number of carbonyl (C=O) groups is 1. The highest BCUT2D eigenvalue weighted by atomic mass is 16.1. The first kappa shape index (κ1) is 13.5. The van der Waals surface area contributed by atoms with Crippen LogP contribution in [0, 0.1) is 0 Å². The minimum atomic E-state index is 0.0700. The Bertz CT molecular complexity index is 806. The van der Waals surface area contributed by atoms with Gasteiger partial charge in [-0.1, -0.05) is 0 Å². The smallest absolute Gasteiger partial charge is 0.220 e. The zero-order chi connectivity index (χ0) is 14.8. The van der Waals surface area contributed by atoms with Crippen molar-refractivity contribution in [2.24, 2.45) is 7.05 Å². The SMILES string of the molecule is CCNC(=O)CCc1ccc2c3cnccc3n(C)c2n1. The molecule has 21 heavy (non-hydrogen) atoms. The highest BCUT2D eigenvalue weighted by Gasteiger charge is 2.10. The summed E-state index contributed by atoms with van der Waals surface area (Å²) in [5.74, 6) is 0.0700. The molecule has 5 heteroatoms. The van der Waals surface area contributed by atoms with E-state index in [4.69, 9.17) is 4.98 Å². The molecule has 0 spiro atoms. The molecule has 3 heterocycles. The Morgan fingerprint density at radius 3 is 2.95 bits per heavy atom. The second-order valence-corrected chi connectivity index (χ2v) is 5.08. The predicted molar refractivity (Wildman–Crippen MR) is 83.0 cm³/mol. The van der Waals surface area contributed by atoms with E-state index < -0.39 is 0 Å². The number of nitrogens with zero attached hydrogens (tertiary/aromatic N) is 3. The zero-order valence-corrected chi connectivity index (χ0v) is 12.3. The van der Waals surface area contributed by atoms with Crippen LogP contribution in [0.1, 0.15) is 19.0 Å². The second-order valence-electron chi connectivity index (χ2n) is 5.08. The summed E-state index contributed by atoms with van der Waals surface area (Å²) >= 11 is 0. The quantitative estimate of drug-likeness (QED) is 0.798. The molecule has 0 atom stereocenters. The molecule has 0 aliphatic heterocycles. The second kappa shape index (κ2) is 5.52. The van der Waals surface area contributed by atoms with Crippen molar-refractivity contribution in [1.29, 1.82) is 0 Å². The number of rotatable bonds is 4. The van der Waals surface area contributed by atoms with Crippen molar-refractivity contribution >= 4 is 27.8 Å². The Morgan fingerprint density at radius 2 is 2.14 bits per heavy atom. The maximum Gasteiger partial charge on any atom is 0.220 e. The molecule has 1 N–H and O–H groups in total. The van der Waals surface area contributed by atoms with Crippen LogP contribution in [0.25, 0.3) is 21.9 Å². The van der Waals surface area contributed by atoms with E-state index in [0.717, 1.165) is 27.6 Å². The topological polar surface area (TPSA) is 59.8 Å². The van der Waals surface area contributed by atoms with E-state index in [1.54, 1.807) is 6.20 Å². The van der Waals surface area contributed by atoms with Crippen LogP contribution in [-0.2, 0) is 18.3 Å². The molecule has 108 valence electrons. The van der Waals surface area contributed by atoms with Crippen LogP contribution in [0.3, 0.4) is 0 Å². The summed E-state index contributed by atoms with van der Waals surface area (Å²) in [5.41, 5.74) is 2.99. The van der Waals surface area contributed by atoms with Crippen molar-refractivity contribution in [3.8, 4) is 0 Å². The molecule has 0 radical (unpaired) electrons. The number of nitrogens with one attached hydrogen (secondary N) is 1. The molecule has 0 aromatic carbocycles. The molecule has 0 bridgehead atoms. The van der Waals surface area contributed by atoms with E-state index in [9.17, 15) is 4.79 Å². The number of fused-ring (bicyclic) bond motifs is 3. The van der Waals surface area contributed by atoms with E-state index in [-0.39, 0.29) is 5.91 Å². The fourth-order valence-corrected chi connectivity index (χ4v) is 2.62. The van der Waals surface area contributed by atoms with Gasteiger partial charge in [0.1, 0.15) is 5.65 Å². The van der Waals surface area contributed by atoms with Gasteiger partial charge in [-0.25, -0.2) is 4.98 Å². The molecule has 3 aromatic heterocycles. The van der Waals surface area contributed by atoms with Gasteiger partial charge in [-0.2, -0.15) is 0 Å². The van der Waals surface area contributed by atoms with Gasteiger partial charge in [0.25, 0.3) is 0 Å². The number of carbonyl (C=O) groups excluding carboxylic acids is 1. The van der Waals surface area contributed by atoms with Gasteiger partial charge in [0.2, 0.25) is 5.91 Å². The summed E-state index contributed by atoms with van der Waals surface area (Å²) in [6, 6.07) is 6.05. The van der Waals surface area contributed by atoms with E-state index in [1.165, 1.54) is 0 Å². The van der Waals surface area contributed by atoms with Crippen LogP contribution in [-0.4, -0.2) is 27.0 Å². The van der Waals surface area contributed by atoms with Crippen molar-refractivity contribution in [2.45, 2.75) is 19.8 Å². The number of hydrogen-bond acceptors (Lipinski definition) is 3. The summed E-state index contributed by atoms with van der Waals surface area (Å²) in [4.78, 5) is 20.4. The number of aryl methyl sites for hydroxylation is 2. The largest absolute Gasteiger partial charge is 0.356 e. The lowest BCUT2D eigenvalue weighted by molar-refractivity contribution is -0.120. The van der Waals surface area contributed by atoms with Gasteiger partial charge in [-0.05, 0) is 31.5 Å². The predicted octanol–water partition coefficient (Wildman–Crippen LogP) is 2.19. The van der Waals surface area contributed by atoms with Crippen molar-refractivity contribution in [3.05, 3.63) is 36.3 Å². The number of hydrogen-bond donors (Lipinski definition) is 1. The Hall–Kier alpha value is -2.43. The molecule has 3 rings (SSSR count). The fraction of sp³-hybridized carbons (Fsp3) is 0.312. The van der Waals surface area contributed by atoms with Crippen molar-refractivity contribution in [3.63, 3.8) is 0 Å². The van der Waals surface area contributed by atoms with Crippen molar-refractivity contribution in [2.75, 3.05) is 6.54 Å². The summed E-state index contributed by atoms with van der Waals surface area (Å²) in [6.07, 6.45) is 4.78. The molecule has 3 aromatic rings. The standard InChI is InChI=1S/C16H18N4O/c1-3-18-15(21)7-5-11-4-6-12-13-10-17-9-8-14(13)20(2)16(12)19-11/h4,6,8-10H,3,5,7H2,1-2H3,(H,18,21). The number of amides is 1. The average molecular weight is 282 g/mol. The van der Waals surface area contributed by atoms with Crippen molar-refractivity contribution < 1.29 is 4.79 Å². The highest BCUT2D eigenvalue weighted by molar-refractivity contribution is 6.06. The Morgan fingerprint density at radius 1 is 1.29 bits per heavy atom. The lowest BCUT2D eigenvalue weighted by Crippen LogP contribution is -2.22. The van der Waals surface area contributed by atoms with Gasteiger partial charge >= 0.3 is 0 Å². The van der Waals surface area contributed by atoms with Crippen LogP contribution < -0.4 is 5.32 Å². The molecular formula is C16H18N4O. The van der Waals surface area contributed by atoms with Crippen molar-refractivity contribution in [1.82, 2.24) is 19.9 Å². The van der Waals surface area contributed by atoms with Crippen LogP contribution in [0.4, 0.5) is 0 Å². The minimum Gasteiger partial charge on any atom is -0.356 e. The third-order valence-corrected chi connectivity index (χ3v) is 3.68. The Balaban J connectivity index is 1.95. The van der Waals surface area contributed by atoms with Crippen LogP contribution in [0.5, 0.6) is 0 Å². The number of pyridine rings is 2. The summed E-state index contributed by atoms with van der Waals surface area (Å²) < 4.78 is 2.07. The van der Waals surface area contributed by atoms with Gasteiger partial charge < -0.3 is 9.88 Å². The molecule has 0 saturated heterocycles. The minimum absolute atomic E-state index is 0.0700. The van der Waals surface area contributed by atoms with Crippen LogP contribution >= 0.6 is 0 Å². The number of aromatic nitrogens is 3. The zero-order valence-electron chi connectivity index (χ0n) is 12.3. The summed E-state index contributed by atoms with van der Waals surface area (Å²) in [5, 5.41) is 5.01. The first-order chi connectivity index (χ1) is 10.2. The molecule has 0 unspecified atom stereocenters. The van der Waals surface area contributed by atoms with Crippen LogP contribution in [0.15, 0.2) is 30.6 Å². The van der Waals surface area contributed by atoms with Gasteiger partial charge in [-0.15, -0.1) is 0 Å². The molecule has 0 aliphatic carbocycles. The van der Waals surface area contributed by atoms with Gasteiger partial charge in [0, 0.05) is 48.9 Å². The lowest BCUT2D eigenvalue weighted by Gasteiger charge is -2.03. The molecule has 0 fully saturated rings. The Labute approximate surface area is 123 Å². The summed E-state index contributed by atoms with van der Waals surface area (Å²) in [7, 11) is 2.01.